The summed E-state index contributed by atoms with van der Waals surface area (Å²) in [6, 6.07) is 16.1. The molecule has 0 saturated heterocycles. The second kappa shape index (κ2) is 5.95. The molecular formula is C25H23I. The third-order valence-corrected chi connectivity index (χ3v) is 7.38. The van der Waals surface area contributed by atoms with Crippen molar-refractivity contribution in [2.45, 2.75) is 38.5 Å². The summed E-state index contributed by atoms with van der Waals surface area (Å²) in [5.74, 6) is 0.580. The molecule has 26 heavy (non-hydrogen) atoms. The van der Waals surface area contributed by atoms with Crippen molar-refractivity contribution in [1.82, 2.24) is 0 Å². The molecule has 0 aliphatic heterocycles. The molecule has 0 N–H and O–H groups in total. The Labute approximate surface area is 169 Å². The lowest BCUT2D eigenvalue weighted by atomic mass is 9.72. The van der Waals surface area contributed by atoms with Crippen molar-refractivity contribution < 1.29 is 0 Å². The summed E-state index contributed by atoms with van der Waals surface area (Å²) >= 11 is 2.47. The zero-order chi connectivity index (χ0) is 17.9. The fourth-order valence-electron chi connectivity index (χ4n) is 4.98. The Morgan fingerprint density at radius 2 is 1.85 bits per heavy atom. The zero-order valence-corrected chi connectivity index (χ0v) is 17.5. The highest BCUT2D eigenvalue weighted by atomic mass is 127. The molecule has 130 valence electrons. The smallest absolute Gasteiger partial charge is 0.00232 e. The van der Waals surface area contributed by atoms with Crippen molar-refractivity contribution >= 4 is 39.8 Å². The second-order valence-electron chi connectivity index (χ2n) is 8.34. The van der Waals surface area contributed by atoms with Gasteiger partial charge in [0.1, 0.15) is 0 Å². The van der Waals surface area contributed by atoms with E-state index in [4.69, 9.17) is 0 Å². The molecule has 0 fully saturated rings. The van der Waals surface area contributed by atoms with E-state index in [0.29, 0.717) is 5.92 Å². The van der Waals surface area contributed by atoms with E-state index in [-0.39, 0.29) is 5.41 Å². The van der Waals surface area contributed by atoms with Gasteiger partial charge in [0, 0.05) is 0 Å². The Hall–Kier alpha value is -1.61. The second-order valence-corrected chi connectivity index (χ2v) is 9.73. The summed E-state index contributed by atoms with van der Waals surface area (Å²) in [6.07, 6.45) is 10.6. The summed E-state index contributed by atoms with van der Waals surface area (Å²) in [5, 5.41) is 0. The SMILES string of the molecule is CC1(C)c2ccccc2C2=CC=C(c3ccc4c(c3)CCC(I)=C4)CC21. The standard InChI is InChI=1S/C25H23I/c1-25(2)23-6-4-3-5-21(23)22-12-10-19(15-24(22)25)16-7-8-18-14-20(26)11-9-17(18)13-16/h3-8,10,12-14,24H,9,11,15H2,1-2H3. The van der Waals surface area contributed by atoms with Crippen LogP contribution >= 0.6 is 22.6 Å². The van der Waals surface area contributed by atoms with Crippen molar-refractivity contribution in [2.75, 3.05) is 0 Å². The van der Waals surface area contributed by atoms with Gasteiger partial charge >= 0.3 is 0 Å². The maximum Gasteiger partial charge on any atom is -0.00232 e. The summed E-state index contributed by atoms with van der Waals surface area (Å²) in [7, 11) is 0. The molecule has 0 amide bonds. The van der Waals surface area contributed by atoms with Crippen LogP contribution < -0.4 is 0 Å². The summed E-state index contributed by atoms with van der Waals surface area (Å²) in [4.78, 5) is 0. The first-order valence-electron chi connectivity index (χ1n) is 9.54. The first kappa shape index (κ1) is 16.6. The normalized spacial score (nSPS) is 22.6. The maximum atomic E-state index is 2.47. The monoisotopic (exact) mass is 450 g/mol. The van der Waals surface area contributed by atoms with E-state index in [2.05, 4.69) is 97.1 Å². The molecule has 0 bridgehead atoms. The van der Waals surface area contributed by atoms with Crippen LogP contribution in [0.25, 0.3) is 17.2 Å². The molecule has 5 rings (SSSR count). The van der Waals surface area contributed by atoms with Crippen LogP contribution in [-0.2, 0) is 11.8 Å². The van der Waals surface area contributed by atoms with Gasteiger partial charge in [-0.05, 0) is 102 Å². The highest BCUT2D eigenvalue weighted by molar-refractivity contribution is 14.1. The number of hydrogen-bond acceptors (Lipinski definition) is 0. The van der Waals surface area contributed by atoms with Crippen LogP contribution in [0.2, 0.25) is 0 Å². The van der Waals surface area contributed by atoms with Crippen LogP contribution in [0.1, 0.15) is 54.5 Å². The van der Waals surface area contributed by atoms with Crippen LogP contribution in [0.4, 0.5) is 0 Å². The number of allylic oxidation sites excluding steroid dienone is 5. The van der Waals surface area contributed by atoms with Gasteiger partial charge in [-0.15, -0.1) is 0 Å². The van der Waals surface area contributed by atoms with Crippen molar-refractivity contribution in [3.8, 4) is 0 Å². The molecule has 1 heteroatoms. The highest BCUT2D eigenvalue weighted by Crippen LogP contribution is 2.54. The molecule has 0 spiro atoms. The molecule has 0 nitrogen and oxygen atoms in total. The molecule has 2 aromatic carbocycles. The Morgan fingerprint density at radius 1 is 1.00 bits per heavy atom. The Morgan fingerprint density at radius 3 is 2.73 bits per heavy atom. The summed E-state index contributed by atoms with van der Waals surface area (Å²) in [6.45, 7) is 4.83. The van der Waals surface area contributed by atoms with E-state index >= 15 is 0 Å². The van der Waals surface area contributed by atoms with Crippen LogP contribution in [0.5, 0.6) is 0 Å². The molecule has 0 aromatic heterocycles. The van der Waals surface area contributed by atoms with Gasteiger partial charge in [-0.25, -0.2) is 0 Å². The van der Waals surface area contributed by atoms with Gasteiger partial charge in [-0.1, -0.05) is 68.5 Å². The van der Waals surface area contributed by atoms with Gasteiger partial charge in [-0.3, -0.25) is 0 Å². The van der Waals surface area contributed by atoms with Gasteiger partial charge < -0.3 is 0 Å². The molecule has 1 unspecified atom stereocenters. The molecule has 3 aliphatic carbocycles. The molecule has 2 aromatic rings. The van der Waals surface area contributed by atoms with Gasteiger partial charge in [0.05, 0.1) is 0 Å². The maximum absolute atomic E-state index is 2.47. The lowest BCUT2D eigenvalue weighted by Crippen LogP contribution is -2.24. The van der Waals surface area contributed by atoms with Gasteiger partial charge in [0.2, 0.25) is 0 Å². The highest BCUT2D eigenvalue weighted by Gasteiger charge is 2.43. The van der Waals surface area contributed by atoms with Crippen LogP contribution in [0.3, 0.4) is 0 Å². The third kappa shape index (κ3) is 2.47. The van der Waals surface area contributed by atoms with Crippen LogP contribution in [0.15, 0.2) is 58.2 Å². The number of halogens is 1. The average molecular weight is 450 g/mol. The molecule has 3 aliphatic rings. The van der Waals surface area contributed by atoms with Gasteiger partial charge in [0.25, 0.3) is 0 Å². The number of rotatable bonds is 1. The van der Waals surface area contributed by atoms with E-state index < -0.39 is 0 Å². The van der Waals surface area contributed by atoms with E-state index in [1.165, 1.54) is 55.4 Å². The summed E-state index contributed by atoms with van der Waals surface area (Å²) in [5.41, 5.74) is 10.5. The largest absolute Gasteiger partial charge is 0.0619 e. The number of hydrogen-bond donors (Lipinski definition) is 0. The van der Waals surface area contributed by atoms with E-state index in [1.807, 2.05) is 0 Å². The molecule has 1 atom stereocenters. The summed E-state index contributed by atoms with van der Waals surface area (Å²) < 4.78 is 1.47. The fourth-order valence-corrected chi connectivity index (χ4v) is 5.59. The molecule has 0 radical (unpaired) electrons. The van der Waals surface area contributed by atoms with Gasteiger partial charge in [0.15, 0.2) is 0 Å². The molecule has 0 saturated carbocycles. The predicted octanol–water partition coefficient (Wildman–Crippen LogP) is 7.19. The van der Waals surface area contributed by atoms with E-state index in [9.17, 15) is 0 Å². The first-order chi connectivity index (χ1) is 12.5. The Bertz CT molecular complexity index is 1000. The molecule has 0 heterocycles. The van der Waals surface area contributed by atoms with Crippen molar-refractivity contribution in [3.05, 3.63) is 86.0 Å². The lowest BCUT2D eigenvalue weighted by molar-refractivity contribution is 0.418. The fraction of sp³-hybridized carbons (Fsp3) is 0.280. The number of fused-ring (bicyclic) bond motifs is 4. The number of benzene rings is 2. The Kier molecular flexibility index (Phi) is 3.79. The lowest BCUT2D eigenvalue weighted by Gasteiger charge is -2.31. The zero-order valence-electron chi connectivity index (χ0n) is 15.4. The van der Waals surface area contributed by atoms with Crippen LogP contribution in [-0.4, -0.2) is 0 Å². The average Bonchev–Trinajstić information content (AvgIpc) is 2.89. The van der Waals surface area contributed by atoms with Gasteiger partial charge in [-0.2, -0.15) is 0 Å². The van der Waals surface area contributed by atoms with Crippen molar-refractivity contribution in [2.24, 2.45) is 5.92 Å². The van der Waals surface area contributed by atoms with E-state index in [1.54, 1.807) is 0 Å². The van der Waals surface area contributed by atoms with Crippen LogP contribution in [0, 0.1) is 5.92 Å². The Balaban J connectivity index is 1.55. The minimum absolute atomic E-state index is 0.203. The van der Waals surface area contributed by atoms with Crippen molar-refractivity contribution in [1.29, 1.82) is 0 Å². The minimum Gasteiger partial charge on any atom is -0.0619 e. The van der Waals surface area contributed by atoms with E-state index in [0.717, 1.165) is 6.42 Å². The quantitative estimate of drug-likeness (QED) is 0.404. The van der Waals surface area contributed by atoms with Crippen molar-refractivity contribution in [3.63, 3.8) is 0 Å². The minimum atomic E-state index is 0.203. The predicted molar refractivity (Wildman–Crippen MR) is 120 cm³/mol. The third-order valence-electron chi connectivity index (χ3n) is 6.53. The molecular weight excluding hydrogens is 427 g/mol. The number of aryl methyl sites for hydroxylation is 1. The first-order valence-corrected chi connectivity index (χ1v) is 10.6. The topological polar surface area (TPSA) is 0 Å².